The Morgan fingerprint density at radius 2 is 1.83 bits per heavy atom. The van der Waals surface area contributed by atoms with Gasteiger partial charge in [-0.3, -0.25) is 4.57 Å². The molecule has 0 radical (unpaired) electrons. The van der Waals surface area contributed by atoms with Crippen LogP contribution < -0.4 is 4.74 Å². The van der Waals surface area contributed by atoms with Crippen molar-refractivity contribution in [3.8, 4) is 11.8 Å². The van der Waals surface area contributed by atoms with Gasteiger partial charge in [0.15, 0.2) is 0 Å². The van der Waals surface area contributed by atoms with E-state index in [-0.39, 0.29) is 18.3 Å². The van der Waals surface area contributed by atoms with Crippen LogP contribution in [-0.4, -0.2) is 17.4 Å². The lowest BCUT2D eigenvalue weighted by Gasteiger charge is -2.33. The zero-order chi connectivity index (χ0) is 24.2. The summed E-state index contributed by atoms with van der Waals surface area (Å²) in [6.07, 6.45) is 6.03. The lowest BCUT2D eigenvalue weighted by atomic mass is 9.77. The molecule has 176 valence electrons. The second kappa shape index (κ2) is 9.90. The van der Waals surface area contributed by atoms with Crippen LogP contribution in [0.3, 0.4) is 0 Å². The Morgan fingerprint density at radius 3 is 2.51 bits per heavy atom. The summed E-state index contributed by atoms with van der Waals surface area (Å²) in [6, 6.07) is 20.0. The van der Waals surface area contributed by atoms with Gasteiger partial charge in [0.1, 0.15) is 35.6 Å². The first-order chi connectivity index (χ1) is 17.2. The van der Waals surface area contributed by atoms with Crippen LogP contribution in [0.2, 0.25) is 0 Å². The molecule has 0 bridgehead atoms. The molecule has 3 aromatic rings. The molecule has 1 aliphatic heterocycles. The summed E-state index contributed by atoms with van der Waals surface area (Å²) in [4.78, 5) is 5.69. The number of hydrogen-bond acceptors (Lipinski definition) is 5. The second-order valence-electron chi connectivity index (χ2n) is 8.36. The lowest BCUT2D eigenvalue weighted by molar-refractivity contribution is 0.129. The zero-order valence-corrected chi connectivity index (χ0v) is 19.3. The summed E-state index contributed by atoms with van der Waals surface area (Å²) in [5, 5.41) is 14.7. The van der Waals surface area contributed by atoms with E-state index < -0.39 is 0 Å². The summed E-state index contributed by atoms with van der Waals surface area (Å²) < 4.78 is 26.7. The standard InChI is InChI=1S/C28H24FN3O3/c1-33-22-13-9-20(10-14-22)26-23(17-30)28(32-15-2-3-16-32)35-25-6-4-5-24(27(25)26)31-34-18-19-7-11-21(29)12-8-19/h2-3,7-16,26H,4-6,18H2,1H3/b31-24+. The SMILES string of the molecule is COc1ccc(C2C(C#N)=C(n3cccc3)OC3=C2/C(=N/OCc2ccc(F)cc2)CCC3)cc1. The summed E-state index contributed by atoms with van der Waals surface area (Å²) >= 11 is 0. The number of allylic oxidation sites excluding steroid dienone is 3. The Balaban J connectivity index is 1.55. The van der Waals surface area contributed by atoms with Crippen LogP contribution in [0.15, 0.2) is 95.1 Å². The Bertz CT molecular complexity index is 1330. The van der Waals surface area contributed by atoms with E-state index in [1.807, 2.05) is 53.4 Å². The molecule has 1 aliphatic carbocycles. The van der Waals surface area contributed by atoms with Crippen molar-refractivity contribution in [2.45, 2.75) is 31.8 Å². The van der Waals surface area contributed by atoms with E-state index in [1.54, 1.807) is 19.2 Å². The number of hydrogen-bond donors (Lipinski definition) is 0. The highest BCUT2D eigenvalue weighted by atomic mass is 19.1. The fraction of sp³-hybridized carbons (Fsp3) is 0.214. The van der Waals surface area contributed by atoms with Crippen LogP contribution in [0.1, 0.15) is 36.3 Å². The van der Waals surface area contributed by atoms with Crippen LogP contribution in [0.5, 0.6) is 5.75 Å². The smallest absolute Gasteiger partial charge is 0.218 e. The molecule has 0 N–H and O–H groups in total. The molecule has 2 heterocycles. The number of halogens is 1. The van der Waals surface area contributed by atoms with Crippen molar-refractivity contribution >= 4 is 11.6 Å². The molecule has 1 unspecified atom stereocenters. The van der Waals surface area contributed by atoms with Crippen molar-refractivity contribution < 1.29 is 18.7 Å². The molecular weight excluding hydrogens is 445 g/mol. The quantitative estimate of drug-likeness (QED) is 0.406. The van der Waals surface area contributed by atoms with Gasteiger partial charge in [0.05, 0.1) is 18.7 Å². The van der Waals surface area contributed by atoms with E-state index in [0.717, 1.165) is 46.8 Å². The molecule has 0 saturated heterocycles. The van der Waals surface area contributed by atoms with Crippen molar-refractivity contribution in [3.05, 3.63) is 107 Å². The van der Waals surface area contributed by atoms with Gasteiger partial charge in [-0.2, -0.15) is 5.26 Å². The molecule has 0 saturated carbocycles. The zero-order valence-electron chi connectivity index (χ0n) is 19.3. The molecule has 5 rings (SSSR count). The largest absolute Gasteiger partial charge is 0.497 e. The van der Waals surface area contributed by atoms with E-state index in [4.69, 9.17) is 14.3 Å². The Labute approximate surface area is 203 Å². The highest BCUT2D eigenvalue weighted by Crippen LogP contribution is 2.46. The first-order valence-electron chi connectivity index (χ1n) is 11.4. The molecule has 2 aliphatic rings. The maximum atomic E-state index is 13.2. The number of benzene rings is 2. The number of oxime groups is 1. The molecule has 0 fully saturated rings. The number of nitriles is 1. The van der Waals surface area contributed by atoms with Crippen LogP contribution in [0.25, 0.3) is 5.88 Å². The predicted molar refractivity (Wildman–Crippen MR) is 130 cm³/mol. The molecule has 7 heteroatoms. The van der Waals surface area contributed by atoms with Gasteiger partial charge in [0.2, 0.25) is 5.88 Å². The third-order valence-corrected chi connectivity index (χ3v) is 6.18. The van der Waals surface area contributed by atoms with E-state index in [1.165, 1.54) is 12.1 Å². The monoisotopic (exact) mass is 469 g/mol. The first kappa shape index (κ1) is 22.5. The lowest BCUT2D eigenvalue weighted by Crippen LogP contribution is -2.26. The molecule has 6 nitrogen and oxygen atoms in total. The van der Waals surface area contributed by atoms with E-state index in [2.05, 4.69) is 11.2 Å². The molecule has 2 aromatic carbocycles. The third-order valence-electron chi connectivity index (χ3n) is 6.18. The van der Waals surface area contributed by atoms with Crippen molar-refractivity contribution in [1.82, 2.24) is 4.57 Å². The molecule has 35 heavy (non-hydrogen) atoms. The molecule has 0 amide bonds. The van der Waals surface area contributed by atoms with E-state index >= 15 is 0 Å². The average molecular weight is 470 g/mol. The van der Waals surface area contributed by atoms with Gasteiger partial charge < -0.3 is 14.3 Å². The minimum atomic E-state index is -0.361. The molecule has 0 spiro atoms. The normalized spacial score (nSPS) is 18.7. The van der Waals surface area contributed by atoms with Gasteiger partial charge in [-0.25, -0.2) is 4.39 Å². The topological polar surface area (TPSA) is 68.8 Å². The van der Waals surface area contributed by atoms with E-state index in [9.17, 15) is 9.65 Å². The van der Waals surface area contributed by atoms with Gasteiger partial charge in [-0.15, -0.1) is 0 Å². The number of ether oxygens (including phenoxy) is 2. The van der Waals surface area contributed by atoms with Gasteiger partial charge in [-0.1, -0.05) is 29.4 Å². The summed E-state index contributed by atoms with van der Waals surface area (Å²) in [5.41, 5.74) is 3.88. The minimum Gasteiger partial charge on any atom is -0.497 e. The number of nitrogens with zero attached hydrogens (tertiary/aromatic N) is 3. The summed E-state index contributed by atoms with van der Waals surface area (Å²) in [6.45, 7) is 0.218. The van der Waals surface area contributed by atoms with Crippen molar-refractivity contribution in [2.24, 2.45) is 5.16 Å². The third kappa shape index (κ3) is 4.56. The molecule has 1 aromatic heterocycles. The molecular formula is C28H24FN3O3. The highest BCUT2D eigenvalue weighted by Gasteiger charge is 2.38. The van der Waals surface area contributed by atoms with Gasteiger partial charge in [0.25, 0.3) is 0 Å². The maximum absolute atomic E-state index is 13.2. The summed E-state index contributed by atoms with van der Waals surface area (Å²) in [5.74, 6) is 1.39. The first-order valence-corrected chi connectivity index (χ1v) is 11.4. The summed E-state index contributed by atoms with van der Waals surface area (Å²) in [7, 11) is 1.62. The van der Waals surface area contributed by atoms with Crippen LogP contribution in [0.4, 0.5) is 4.39 Å². The van der Waals surface area contributed by atoms with Crippen molar-refractivity contribution in [2.75, 3.05) is 7.11 Å². The van der Waals surface area contributed by atoms with Gasteiger partial charge in [-0.05, 0) is 60.4 Å². The van der Waals surface area contributed by atoms with Crippen molar-refractivity contribution in [3.63, 3.8) is 0 Å². The Kier molecular flexibility index (Phi) is 6.36. The second-order valence-corrected chi connectivity index (χ2v) is 8.36. The predicted octanol–water partition coefficient (Wildman–Crippen LogP) is 6.15. The highest BCUT2D eigenvalue weighted by molar-refractivity contribution is 6.04. The number of methoxy groups -OCH3 is 1. The molecule has 1 atom stereocenters. The minimum absolute atomic E-state index is 0.218. The maximum Gasteiger partial charge on any atom is 0.218 e. The van der Waals surface area contributed by atoms with Crippen LogP contribution in [0, 0.1) is 17.1 Å². The van der Waals surface area contributed by atoms with Crippen molar-refractivity contribution in [1.29, 1.82) is 5.26 Å². The van der Waals surface area contributed by atoms with Crippen LogP contribution >= 0.6 is 0 Å². The van der Waals surface area contributed by atoms with Gasteiger partial charge >= 0.3 is 0 Å². The van der Waals surface area contributed by atoms with E-state index in [0.29, 0.717) is 17.9 Å². The Morgan fingerprint density at radius 1 is 1.09 bits per heavy atom. The number of rotatable bonds is 6. The number of aromatic nitrogens is 1. The van der Waals surface area contributed by atoms with Crippen LogP contribution in [-0.2, 0) is 16.2 Å². The fourth-order valence-electron chi connectivity index (χ4n) is 4.48. The average Bonchev–Trinajstić information content (AvgIpc) is 3.44. The Hall–Kier alpha value is -4.31. The van der Waals surface area contributed by atoms with Gasteiger partial charge in [0, 0.05) is 24.4 Å². The fourth-order valence-corrected chi connectivity index (χ4v) is 4.48.